The maximum atomic E-state index is 11.5. The second kappa shape index (κ2) is 6.52. The molecule has 1 amide bonds. The third kappa shape index (κ3) is 4.47. The molecule has 0 aliphatic heterocycles. The van der Waals surface area contributed by atoms with E-state index in [9.17, 15) is 4.79 Å². The van der Waals surface area contributed by atoms with E-state index in [1.165, 1.54) is 12.8 Å². The number of ether oxygens (including phenoxy) is 1. The van der Waals surface area contributed by atoms with Crippen LogP contribution < -0.4 is 11.1 Å². The largest absolute Gasteiger partial charge is 0.367 e. The smallest absolute Gasteiger partial charge is 0.246 e. The Morgan fingerprint density at radius 2 is 2.11 bits per heavy atom. The standard InChI is InChI=1S/C14H20N2O2/c15-13(12-6-7-12)8-16-14(17)10-18-9-11-4-2-1-3-5-11/h1-5,12-13H,6-10,15H2,(H,16,17). The van der Waals surface area contributed by atoms with Gasteiger partial charge in [0.05, 0.1) is 6.61 Å². The summed E-state index contributed by atoms with van der Waals surface area (Å²) in [7, 11) is 0. The summed E-state index contributed by atoms with van der Waals surface area (Å²) in [5.41, 5.74) is 6.96. The number of nitrogens with two attached hydrogens (primary N) is 1. The molecule has 1 unspecified atom stereocenters. The lowest BCUT2D eigenvalue weighted by molar-refractivity contribution is -0.126. The molecule has 2 rings (SSSR count). The molecule has 1 saturated carbocycles. The van der Waals surface area contributed by atoms with Crippen molar-refractivity contribution in [2.75, 3.05) is 13.2 Å². The van der Waals surface area contributed by atoms with Crippen molar-refractivity contribution in [2.24, 2.45) is 11.7 Å². The molecule has 0 spiro atoms. The van der Waals surface area contributed by atoms with E-state index in [0.29, 0.717) is 19.1 Å². The summed E-state index contributed by atoms with van der Waals surface area (Å²) in [6.45, 7) is 1.10. The summed E-state index contributed by atoms with van der Waals surface area (Å²) in [6, 6.07) is 9.90. The molecule has 0 radical (unpaired) electrons. The predicted octanol–water partition coefficient (Wildman–Crippen LogP) is 1.06. The summed E-state index contributed by atoms with van der Waals surface area (Å²) in [5, 5.41) is 2.80. The first-order chi connectivity index (χ1) is 8.75. The van der Waals surface area contributed by atoms with Crippen molar-refractivity contribution in [3.8, 4) is 0 Å². The van der Waals surface area contributed by atoms with Gasteiger partial charge in [0.1, 0.15) is 6.61 Å². The zero-order chi connectivity index (χ0) is 12.8. The number of nitrogens with one attached hydrogen (secondary N) is 1. The van der Waals surface area contributed by atoms with E-state index in [0.717, 1.165) is 5.56 Å². The molecule has 4 nitrogen and oxygen atoms in total. The minimum atomic E-state index is -0.0953. The van der Waals surface area contributed by atoms with Gasteiger partial charge in [0, 0.05) is 12.6 Å². The average Bonchev–Trinajstić information content (AvgIpc) is 3.21. The second-order valence-corrected chi connectivity index (χ2v) is 4.78. The van der Waals surface area contributed by atoms with Gasteiger partial charge in [-0.05, 0) is 24.3 Å². The van der Waals surface area contributed by atoms with E-state index in [2.05, 4.69) is 5.32 Å². The highest BCUT2D eigenvalue weighted by atomic mass is 16.5. The Morgan fingerprint density at radius 3 is 2.78 bits per heavy atom. The molecule has 1 aromatic rings. The van der Waals surface area contributed by atoms with E-state index in [4.69, 9.17) is 10.5 Å². The summed E-state index contributed by atoms with van der Waals surface area (Å²) in [5.74, 6) is 0.512. The first kappa shape index (κ1) is 13.1. The molecule has 1 atom stereocenters. The molecule has 1 aliphatic carbocycles. The summed E-state index contributed by atoms with van der Waals surface area (Å²) >= 11 is 0. The third-order valence-corrected chi connectivity index (χ3v) is 3.11. The molecule has 0 aromatic heterocycles. The van der Waals surface area contributed by atoms with Crippen LogP contribution in [0.4, 0.5) is 0 Å². The highest BCUT2D eigenvalue weighted by Gasteiger charge is 2.28. The third-order valence-electron chi connectivity index (χ3n) is 3.11. The van der Waals surface area contributed by atoms with E-state index in [-0.39, 0.29) is 18.6 Å². The Labute approximate surface area is 108 Å². The Balaban J connectivity index is 1.57. The van der Waals surface area contributed by atoms with Gasteiger partial charge < -0.3 is 15.8 Å². The number of benzene rings is 1. The predicted molar refractivity (Wildman–Crippen MR) is 69.8 cm³/mol. The van der Waals surface area contributed by atoms with Crippen molar-refractivity contribution in [1.82, 2.24) is 5.32 Å². The fraction of sp³-hybridized carbons (Fsp3) is 0.500. The van der Waals surface area contributed by atoms with Crippen LogP contribution in [0, 0.1) is 5.92 Å². The Bertz CT molecular complexity index is 377. The molecule has 98 valence electrons. The van der Waals surface area contributed by atoms with Crippen molar-refractivity contribution in [2.45, 2.75) is 25.5 Å². The molecule has 1 fully saturated rings. The molecule has 0 saturated heterocycles. The Morgan fingerprint density at radius 1 is 1.39 bits per heavy atom. The molecular weight excluding hydrogens is 228 g/mol. The lowest BCUT2D eigenvalue weighted by atomic mass is 10.2. The average molecular weight is 248 g/mol. The number of carbonyl (C=O) groups is 1. The summed E-state index contributed by atoms with van der Waals surface area (Å²) < 4.78 is 5.34. The van der Waals surface area contributed by atoms with Crippen molar-refractivity contribution in [1.29, 1.82) is 0 Å². The van der Waals surface area contributed by atoms with E-state index < -0.39 is 0 Å². The van der Waals surface area contributed by atoms with Crippen LogP contribution in [-0.2, 0) is 16.1 Å². The van der Waals surface area contributed by atoms with Crippen LogP contribution in [0.15, 0.2) is 30.3 Å². The first-order valence-corrected chi connectivity index (χ1v) is 6.39. The minimum Gasteiger partial charge on any atom is -0.367 e. The molecule has 0 heterocycles. The first-order valence-electron chi connectivity index (χ1n) is 6.39. The highest BCUT2D eigenvalue weighted by molar-refractivity contribution is 5.77. The quantitative estimate of drug-likeness (QED) is 0.758. The van der Waals surface area contributed by atoms with Crippen LogP contribution >= 0.6 is 0 Å². The van der Waals surface area contributed by atoms with Gasteiger partial charge in [-0.3, -0.25) is 4.79 Å². The maximum Gasteiger partial charge on any atom is 0.246 e. The van der Waals surface area contributed by atoms with Gasteiger partial charge in [0.2, 0.25) is 5.91 Å². The molecule has 3 N–H and O–H groups in total. The number of carbonyl (C=O) groups excluding carboxylic acids is 1. The van der Waals surface area contributed by atoms with E-state index in [1.807, 2.05) is 30.3 Å². The molecule has 1 aromatic carbocycles. The van der Waals surface area contributed by atoms with Crippen LogP contribution in [0.25, 0.3) is 0 Å². The van der Waals surface area contributed by atoms with Crippen LogP contribution in [0.1, 0.15) is 18.4 Å². The molecule has 1 aliphatic rings. The number of hydrogen-bond donors (Lipinski definition) is 2. The zero-order valence-corrected chi connectivity index (χ0v) is 10.5. The number of rotatable bonds is 7. The molecule has 4 heteroatoms. The van der Waals surface area contributed by atoms with Crippen LogP contribution in [0.2, 0.25) is 0 Å². The fourth-order valence-electron chi connectivity index (χ4n) is 1.81. The van der Waals surface area contributed by atoms with Crippen molar-refractivity contribution >= 4 is 5.91 Å². The van der Waals surface area contributed by atoms with Crippen LogP contribution in [0.3, 0.4) is 0 Å². The molecule has 18 heavy (non-hydrogen) atoms. The number of hydrogen-bond acceptors (Lipinski definition) is 3. The van der Waals surface area contributed by atoms with Crippen LogP contribution in [-0.4, -0.2) is 25.1 Å². The van der Waals surface area contributed by atoms with Gasteiger partial charge in [-0.1, -0.05) is 30.3 Å². The lowest BCUT2D eigenvalue weighted by Crippen LogP contribution is -2.39. The Hall–Kier alpha value is -1.39. The summed E-state index contributed by atoms with van der Waals surface area (Å²) in [6.07, 6.45) is 2.39. The van der Waals surface area contributed by atoms with Gasteiger partial charge in [-0.2, -0.15) is 0 Å². The zero-order valence-electron chi connectivity index (χ0n) is 10.5. The topological polar surface area (TPSA) is 64.3 Å². The second-order valence-electron chi connectivity index (χ2n) is 4.78. The van der Waals surface area contributed by atoms with Gasteiger partial charge in [0.15, 0.2) is 0 Å². The monoisotopic (exact) mass is 248 g/mol. The van der Waals surface area contributed by atoms with Crippen molar-refractivity contribution in [3.05, 3.63) is 35.9 Å². The van der Waals surface area contributed by atoms with Gasteiger partial charge in [-0.25, -0.2) is 0 Å². The SMILES string of the molecule is NC(CNC(=O)COCc1ccccc1)C1CC1. The van der Waals surface area contributed by atoms with Crippen LogP contribution in [0.5, 0.6) is 0 Å². The number of amides is 1. The normalized spacial score (nSPS) is 16.3. The van der Waals surface area contributed by atoms with E-state index in [1.54, 1.807) is 0 Å². The van der Waals surface area contributed by atoms with Gasteiger partial charge in [0.25, 0.3) is 0 Å². The minimum absolute atomic E-state index is 0.0896. The Kier molecular flexibility index (Phi) is 4.73. The van der Waals surface area contributed by atoms with Crippen molar-refractivity contribution in [3.63, 3.8) is 0 Å². The fourth-order valence-corrected chi connectivity index (χ4v) is 1.81. The van der Waals surface area contributed by atoms with Crippen molar-refractivity contribution < 1.29 is 9.53 Å². The van der Waals surface area contributed by atoms with Gasteiger partial charge in [-0.15, -0.1) is 0 Å². The summed E-state index contributed by atoms with van der Waals surface area (Å²) in [4.78, 5) is 11.5. The maximum absolute atomic E-state index is 11.5. The lowest BCUT2D eigenvalue weighted by Gasteiger charge is -2.11. The highest BCUT2D eigenvalue weighted by Crippen LogP contribution is 2.31. The van der Waals surface area contributed by atoms with E-state index >= 15 is 0 Å². The van der Waals surface area contributed by atoms with Gasteiger partial charge >= 0.3 is 0 Å². The molecular formula is C14H20N2O2. The molecule has 0 bridgehead atoms.